The van der Waals surface area contributed by atoms with Crippen LogP contribution in [-0.4, -0.2) is 38.7 Å². The van der Waals surface area contributed by atoms with Crippen LogP contribution in [0.5, 0.6) is 0 Å². The van der Waals surface area contributed by atoms with Gasteiger partial charge in [-0.2, -0.15) is 0 Å². The Morgan fingerprint density at radius 2 is 1.94 bits per heavy atom. The summed E-state index contributed by atoms with van der Waals surface area (Å²) >= 11 is 7.85. The number of H-pyrrole nitrogens is 1. The zero-order valence-corrected chi connectivity index (χ0v) is 20.9. The summed E-state index contributed by atoms with van der Waals surface area (Å²) in [5.74, 6) is -0.354. The standard InChI is InChI=1S/C24H24ClN5O4S/c1-24(2,3)34-23(33)26-10-11-30-18(20-15(25)9-12-35-20)17(16-19(30)22(32)28-13-27-16)29-21(31)14-7-5-4-6-8-14/h4-9,12-13H,10-11H2,1-3H3,(H,26,33)(H,29,31)(H,27,28,32). The summed E-state index contributed by atoms with van der Waals surface area (Å²) < 4.78 is 7.00. The van der Waals surface area contributed by atoms with Crippen molar-refractivity contribution < 1.29 is 14.3 Å². The van der Waals surface area contributed by atoms with Crippen LogP contribution >= 0.6 is 22.9 Å². The number of benzene rings is 1. The molecule has 3 N–H and O–H groups in total. The van der Waals surface area contributed by atoms with Crippen LogP contribution in [0.3, 0.4) is 0 Å². The van der Waals surface area contributed by atoms with Crippen LogP contribution < -0.4 is 16.2 Å². The van der Waals surface area contributed by atoms with Gasteiger partial charge in [-0.3, -0.25) is 9.59 Å². The number of aromatic amines is 1. The minimum atomic E-state index is -0.643. The predicted octanol–water partition coefficient (Wildman–Crippen LogP) is 4.88. The molecule has 11 heteroatoms. The average molecular weight is 514 g/mol. The fraction of sp³-hybridized carbons (Fsp3) is 0.250. The van der Waals surface area contributed by atoms with Crippen molar-refractivity contribution in [2.24, 2.45) is 0 Å². The van der Waals surface area contributed by atoms with Crippen LogP contribution in [0.1, 0.15) is 31.1 Å². The van der Waals surface area contributed by atoms with E-state index < -0.39 is 11.7 Å². The largest absolute Gasteiger partial charge is 0.444 e. The lowest BCUT2D eigenvalue weighted by Crippen LogP contribution is -2.34. The number of carbonyl (C=O) groups excluding carboxylic acids is 2. The van der Waals surface area contributed by atoms with Crippen LogP contribution in [0.15, 0.2) is 52.9 Å². The molecular weight excluding hydrogens is 490 g/mol. The summed E-state index contributed by atoms with van der Waals surface area (Å²) in [6.45, 7) is 5.69. The Bertz CT molecular complexity index is 1440. The number of aromatic nitrogens is 3. The quantitative estimate of drug-likeness (QED) is 0.339. The zero-order chi connectivity index (χ0) is 25.2. The highest BCUT2D eigenvalue weighted by atomic mass is 35.5. The minimum Gasteiger partial charge on any atom is -0.444 e. The lowest BCUT2D eigenvalue weighted by atomic mass is 10.2. The maximum absolute atomic E-state index is 13.1. The maximum atomic E-state index is 13.1. The van der Waals surface area contributed by atoms with E-state index in [4.69, 9.17) is 16.3 Å². The lowest BCUT2D eigenvalue weighted by Gasteiger charge is -2.20. The highest BCUT2D eigenvalue weighted by Crippen LogP contribution is 2.42. The van der Waals surface area contributed by atoms with Crippen molar-refractivity contribution in [2.75, 3.05) is 11.9 Å². The van der Waals surface area contributed by atoms with E-state index in [9.17, 15) is 14.4 Å². The van der Waals surface area contributed by atoms with E-state index in [0.29, 0.717) is 32.4 Å². The molecule has 0 aliphatic rings. The van der Waals surface area contributed by atoms with Gasteiger partial charge in [0.25, 0.3) is 11.5 Å². The first kappa shape index (κ1) is 24.5. The van der Waals surface area contributed by atoms with Crippen molar-refractivity contribution in [1.29, 1.82) is 0 Å². The minimum absolute atomic E-state index is 0.162. The summed E-state index contributed by atoms with van der Waals surface area (Å²) in [7, 11) is 0. The molecule has 2 amide bonds. The van der Waals surface area contributed by atoms with Crippen LogP contribution in [0.4, 0.5) is 10.5 Å². The average Bonchev–Trinajstić information content (AvgIpc) is 3.34. The number of nitrogens with zero attached hydrogens (tertiary/aromatic N) is 2. The molecule has 1 aromatic carbocycles. The number of thiophene rings is 1. The van der Waals surface area contributed by atoms with E-state index in [0.717, 1.165) is 0 Å². The number of ether oxygens (including phenoxy) is 1. The van der Waals surface area contributed by atoms with Crippen molar-refractivity contribution in [1.82, 2.24) is 19.9 Å². The smallest absolute Gasteiger partial charge is 0.407 e. The summed E-state index contributed by atoms with van der Waals surface area (Å²) in [6.07, 6.45) is 0.709. The first-order chi connectivity index (χ1) is 16.7. The highest BCUT2D eigenvalue weighted by molar-refractivity contribution is 7.14. The molecule has 182 valence electrons. The molecule has 0 fully saturated rings. The Labute approximate surface area is 210 Å². The Morgan fingerprint density at radius 1 is 1.20 bits per heavy atom. The number of nitrogens with one attached hydrogen (secondary N) is 3. The third-order valence-electron chi connectivity index (χ3n) is 4.95. The SMILES string of the molecule is CC(C)(C)OC(=O)NCCn1c(-c2sccc2Cl)c(NC(=O)c2ccccc2)c2nc[nH]c(=O)c21. The molecule has 0 aliphatic carbocycles. The molecular formula is C24H24ClN5O4S. The van der Waals surface area contributed by atoms with Gasteiger partial charge < -0.3 is 24.9 Å². The molecule has 0 atom stereocenters. The van der Waals surface area contributed by atoms with Crippen molar-refractivity contribution in [3.05, 3.63) is 69.0 Å². The van der Waals surface area contributed by atoms with Gasteiger partial charge >= 0.3 is 6.09 Å². The molecule has 0 unspecified atom stereocenters. The number of hydrogen-bond acceptors (Lipinski definition) is 6. The van der Waals surface area contributed by atoms with E-state index in [1.165, 1.54) is 17.7 Å². The summed E-state index contributed by atoms with van der Waals surface area (Å²) in [6, 6.07) is 10.5. The molecule has 9 nitrogen and oxygen atoms in total. The van der Waals surface area contributed by atoms with Crippen molar-refractivity contribution >= 4 is 51.7 Å². The zero-order valence-electron chi connectivity index (χ0n) is 19.3. The number of carbonyl (C=O) groups is 2. The second kappa shape index (κ2) is 9.93. The molecule has 0 aliphatic heterocycles. The lowest BCUT2D eigenvalue weighted by molar-refractivity contribution is 0.0526. The first-order valence-corrected chi connectivity index (χ1v) is 12.1. The maximum Gasteiger partial charge on any atom is 0.407 e. The van der Waals surface area contributed by atoms with E-state index in [2.05, 4.69) is 20.6 Å². The first-order valence-electron chi connectivity index (χ1n) is 10.8. The monoisotopic (exact) mass is 513 g/mol. The predicted molar refractivity (Wildman–Crippen MR) is 137 cm³/mol. The fourth-order valence-electron chi connectivity index (χ4n) is 3.58. The molecule has 0 bridgehead atoms. The van der Waals surface area contributed by atoms with Crippen molar-refractivity contribution in [2.45, 2.75) is 32.9 Å². The Kier molecular flexibility index (Phi) is 6.95. The summed E-state index contributed by atoms with van der Waals surface area (Å²) in [4.78, 5) is 45.7. The normalized spacial score (nSPS) is 11.4. The van der Waals surface area contributed by atoms with Crippen molar-refractivity contribution in [3.8, 4) is 10.6 Å². The molecule has 35 heavy (non-hydrogen) atoms. The molecule has 4 aromatic rings. The van der Waals surface area contributed by atoms with E-state index >= 15 is 0 Å². The molecule has 0 spiro atoms. The fourth-order valence-corrected chi connectivity index (χ4v) is 4.79. The molecule has 4 rings (SSSR count). The van der Waals surface area contributed by atoms with Crippen molar-refractivity contribution in [3.63, 3.8) is 0 Å². The highest BCUT2D eigenvalue weighted by Gasteiger charge is 2.26. The van der Waals surface area contributed by atoms with E-state index in [-0.39, 0.29) is 30.1 Å². The number of amides is 2. The van der Waals surface area contributed by atoms with E-state index in [1.807, 2.05) is 11.4 Å². The van der Waals surface area contributed by atoms with Gasteiger partial charge in [-0.05, 0) is 44.4 Å². The van der Waals surface area contributed by atoms with Gasteiger partial charge in [0.15, 0.2) is 0 Å². The van der Waals surface area contributed by atoms with Gasteiger partial charge in [-0.25, -0.2) is 9.78 Å². The Hall–Kier alpha value is -3.63. The van der Waals surface area contributed by atoms with Gasteiger partial charge in [0.1, 0.15) is 16.6 Å². The third kappa shape index (κ3) is 5.39. The van der Waals surface area contributed by atoms with Gasteiger partial charge in [0.2, 0.25) is 0 Å². The molecule has 3 aromatic heterocycles. The van der Waals surface area contributed by atoms with Gasteiger partial charge in [0.05, 0.1) is 27.6 Å². The number of hydrogen-bond donors (Lipinski definition) is 3. The summed E-state index contributed by atoms with van der Waals surface area (Å²) in [5, 5.41) is 7.91. The van der Waals surface area contributed by atoms with E-state index in [1.54, 1.807) is 55.7 Å². The summed E-state index contributed by atoms with van der Waals surface area (Å²) in [5.41, 5.74) is 0.877. The molecule has 3 heterocycles. The Balaban J connectivity index is 1.79. The molecule has 0 saturated carbocycles. The molecule has 0 radical (unpaired) electrons. The second-order valence-corrected chi connectivity index (χ2v) is 9.97. The van der Waals surface area contributed by atoms with Gasteiger partial charge in [-0.1, -0.05) is 29.8 Å². The number of anilines is 1. The number of alkyl carbamates (subject to hydrolysis) is 1. The molecule has 0 saturated heterocycles. The topological polar surface area (TPSA) is 118 Å². The third-order valence-corrected chi connectivity index (χ3v) is 6.30. The second-order valence-electron chi connectivity index (χ2n) is 8.65. The number of fused-ring (bicyclic) bond motifs is 1. The number of halogens is 1. The van der Waals surface area contributed by atoms with Crippen LogP contribution in [0.2, 0.25) is 5.02 Å². The van der Waals surface area contributed by atoms with Crippen LogP contribution in [0.25, 0.3) is 21.6 Å². The number of rotatable bonds is 6. The van der Waals surface area contributed by atoms with Gasteiger partial charge in [-0.15, -0.1) is 11.3 Å². The van der Waals surface area contributed by atoms with Crippen LogP contribution in [-0.2, 0) is 11.3 Å². The van der Waals surface area contributed by atoms with Crippen LogP contribution in [0, 0.1) is 0 Å². The van der Waals surface area contributed by atoms with Gasteiger partial charge in [0, 0.05) is 18.7 Å². The Morgan fingerprint density at radius 3 is 2.60 bits per heavy atom.